The molecule has 0 bridgehead atoms. The van der Waals surface area contributed by atoms with E-state index in [0.29, 0.717) is 16.7 Å². The Hall–Kier alpha value is -5.13. The first kappa shape index (κ1) is 25.2. The Balaban J connectivity index is 1.34. The van der Waals surface area contributed by atoms with E-state index in [-0.39, 0.29) is 40.5 Å². The number of ether oxygens (including phenoxy) is 2. The molecule has 5 aromatic rings. The van der Waals surface area contributed by atoms with Gasteiger partial charge in [0, 0.05) is 29.4 Å². The summed E-state index contributed by atoms with van der Waals surface area (Å²) in [6.07, 6.45) is -2.48. The zero-order valence-electron chi connectivity index (χ0n) is 20.9. The topological polar surface area (TPSA) is 102 Å². The fraction of sp³-hybridized carbons (Fsp3) is 0.143. The molecule has 0 saturated carbocycles. The van der Waals surface area contributed by atoms with Crippen molar-refractivity contribution in [1.29, 1.82) is 0 Å². The maximum absolute atomic E-state index is 15.2. The first-order valence-electron chi connectivity index (χ1n) is 12.2. The maximum atomic E-state index is 15.2. The van der Waals surface area contributed by atoms with Gasteiger partial charge in [-0.2, -0.15) is 5.10 Å². The van der Waals surface area contributed by atoms with Crippen molar-refractivity contribution in [2.45, 2.75) is 19.8 Å². The average Bonchev–Trinajstić information content (AvgIpc) is 3.54. The third-order valence-electron chi connectivity index (χ3n) is 6.46. The first-order valence-corrected chi connectivity index (χ1v) is 12.2. The smallest absolute Gasteiger partial charge is 0.395 e. The molecule has 0 atom stereocenters. The molecule has 0 aliphatic carbocycles. The van der Waals surface area contributed by atoms with Gasteiger partial charge in [0.2, 0.25) is 5.91 Å². The summed E-state index contributed by atoms with van der Waals surface area (Å²) in [6, 6.07) is 17.6. The lowest BCUT2D eigenvalue weighted by molar-refractivity contribution is -0.286. The molecule has 0 spiro atoms. The van der Waals surface area contributed by atoms with E-state index < -0.39 is 30.1 Å². The summed E-state index contributed by atoms with van der Waals surface area (Å²) in [6.45, 7) is 1.37. The number of rotatable bonds is 6. The van der Waals surface area contributed by atoms with Crippen LogP contribution in [0.4, 0.5) is 18.9 Å². The number of carbonyl (C=O) groups excluding carboxylic acids is 1. The first-order chi connectivity index (χ1) is 19.2. The van der Waals surface area contributed by atoms with Crippen molar-refractivity contribution in [3.8, 4) is 33.9 Å². The van der Waals surface area contributed by atoms with Crippen molar-refractivity contribution < 1.29 is 27.4 Å². The molecule has 6 rings (SSSR count). The summed E-state index contributed by atoms with van der Waals surface area (Å²) in [4.78, 5) is 34.7. The monoisotopic (exact) mass is 547 g/mol. The number of H-pyrrole nitrogens is 1. The number of likely N-dealkylation sites (N-methyl/N-ethyl adjacent to an activating group) is 1. The number of fused-ring (bicyclic) bond motifs is 2. The highest BCUT2D eigenvalue weighted by atomic mass is 19.3. The number of hydrogen-bond acceptors (Lipinski definition) is 6. The van der Waals surface area contributed by atoms with Crippen LogP contribution in [0.15, 0.2) is 77.9 Å². The van der Waals surface area contributed by atoms with Gasteiger partial charge in [-0.15, -0.1) is 8.78 Å². The van der Waals surface area contributed by atoms with Crippen molar-refractivity contribution in [3.05, 3.63) is 89.2 Å². The summed E-state index contributed by atoms with van der Waals surface area (Å²) in [5.74, 6) is -1.41. The molecule has 0 saturated heterocycles. The lowest BCUT2D eigenvalue weighted by Crippen LogP contribution is -2.37. The molecular formula is C28H20F3N5O4. The van der Waals surface area contributed by atoms with Crippen LogP contribution >= 0.6 is 0 Å². The number of aromatic nitrogens is 4. The van der Waals surface area contributed by atoms with Gasteiger partial charge in [0.05, 0.1) is 6.33 Å². The SMILES string of the molecule is CCN(C(=O)Cn1nc(-c2ccc(-c3ccccc3)c(F)c2)c2nc[nH]c2c1=O)c1ccc2c(c1)OC(F)(F)O2. The lowest BCUT2D eigenvalue weighted by atomic mass is 10.0. The predicted octanol–water partition coefficient (Wildman–Crippen LogP) is 4.97. The molecule has 12 heteroatoms. The number of hydrogen-bond donors (Lipinski definition) is 1. The Labute approximate surface area is 224 Å². The minimum atomic E-state index is -3.80. The summed E-state index contributed by atoms with van der Waals surface area (Å²) >= 11 is 0. The van der Waals surface area contributed by atoms with E-state index in [1.807, 2.05) is 18.2 Å². The summed E-state index contributed by atoms with van der Waals surface area (Å²) in [5.41, 5.74) is 1.64. The van der Waals surface area contributed by atoms with Gasteiger partial charge in [0.25, 0.3) is 5.56 Å². The van der Waals surface area contributed by atoms with Crippen LogP contribution in [0, 0.1) is 5.82 Å². The molecule has 0 radical (unpaired) electrons. The maximum Gasteiger partial charge on any atom is 0.586 e. The average molecular weight is 547 g/mol. The number of nitrogens with one attached hydrogen (secondary N) is 1. The number of imidazole rings is 1. The van der Waals surface area contributed by atoms with Crippen LogP contribution < -0.4 is 19.9 Å². The molecule has 40 heavy (non-hydrogen) atoms. The molecule has 9 nitrogen and oxygen atoms in total. The molecule has 1 aliphatic heterocycles. The zero-order valence-corrected chi connectivity index (χ0v) is 20.9. The number of alkyl halides is 2. The van der Waals surface area contributed by atoms with Crippen LogP contribution in [-0.2, 0) is 11.3 Å². The quantitative estimate of drug-likeness (QED) is 0.322. The van der Waals surface area contributed by atoms with E-state index >= 15 is 4.39 Å². The highest BCUT2D eigenvalue weighted by Crippen LogP contribution is 2.43. The second kappa shape index (κ2) is 9.56. The Kier molecular flexibility index (Phi) is 6.01. The van der Waals surface area contributed by atoms with Gasteiger partial charge in [-0.3, -0.25) is 9.59 Å². The second-order valence-electron chi connectivity index (χ2n) is 8.93. The van der Waals surface area contributed by atoms with Crippen LogP contribution in [0.3, 0.4) is 0 Å². The summed E-state index contributed by atoms with van der Waals surface area (Å²) < 4.78 is 51.9. The number of halogens is 3. The van der Waals surface area contributed by atoms with Crippen molar-refractivity contribution >= 4 is 22.6 Å². The summed E-state index contributed by atoms with van der Waals surface area (Å²) in [7, 11) is 0. The van der Waals surface area contributed by atoms with Crippen LogP contribution in [-0.4, -0.2) is 38.5 Å². The largest absolute Gasteiger partial charge is 0.586 e. The highest BCUT2D eigenvalue weighted by Gasteiger charge is 2.43. The van der Waals surface area contributed by atoms with Crippen molar-refractivity contribution in [2.75, 3.05) is 11.4 Å². The van der Waals surface area contributed by atoms with Crippen molar-refractivity contribution in [1.82, 2.24) is 19.7 Å². The van der Waals surface area contributed by atoms with Crippen molar-refractivity contribution in [3.63, 3.8) is 0 Å². The fourth-order valence-electron chi connectivity index (χ4n) is 4.62. The normalized spacial score (nSPS) is 13.5. The van der Waals surface area contributed by atoms with Crippen LogP contribution in [0.5, 0.6) is 11.5 Å². The second-order valence-corrected chi connectivity index (χ2v) is 8.93. The number of carbonyl (C=O) groups is 1. The number of amides is 1. The van der Waals surface area contributed by atoms with Gasteiger partial charge < -0.3 is 19.4 Å². The number of anilines is 1. The van der Waals surface area contributed by atoms with Crippen molar-refractivity contribution in [2.24, 2.45) is 0 Å². The van der Waals surface area contributed by atoms with Gasteiger partial charge >= 0.3 is 6.29 Å². The van der Waals surface area contributed by atoms with Gasteiger partial charge in [-0.05, 0) is 30.7 Å². The van der Waals surface area contributed by atoms with Crippen LogP contribution in [0.1, 0.15) is 6.92 Å². The zero-order chi connectivity index (χ0) is 28.0. The molecule has 202 valence electrons. The van der Waals surface area contributed by atoms with E-state index in [1.165, 1.54) is 35.5 Å². The molecule has 3 heterocycles. The molecule has 1 amide bonds. The molecule has 0 fully saturated rings. The Bertz CT molecular complexity index is 1820. The number of nitrogens with zero attached hydrogens (tertiary/aromatic N) is 4. The molecular weight excluding hydrogens is 527 g/mol. The van der Waals surface area contributed by atoms with Gasteiger partial charge in [0.1, 0.15) is 29.1 Å². The Morgan fingerprint density at radius 1 is 1.02 bits per heavy atom. The summed E-state index contributed by atoms with van der Waals surface area (Å²) in [5, 5.41) is 4.38. The van der Waals surface area contributed by atoms with Crippen LogP contribution in [0.25, 0.3) is 33.4 Å². The molecule has 3 aromatic carbocycles. The molecule has 1 N–H and O–H groups in total. The predicted molar refractivity (Wildman–Crippen MR) is 140 cm³/mol. The van der Waals surface area contributed by atoms with E-state index in [2.05, 4.69) is 24.5 Å². The molecule has 1 aliphatic rings. The van der Waals surface area contributed by atoms with Gasteiger partial charge in [-0.1, -0.05) is 42.5 Å². The van der Waals surface area contributed by atoms with E-state index in [9.17, 15) is 18.4 Å². The standard InChI is InChI=1S/C28H20F3N5O4/c1-2-35(18-9-11-21-22(13-18)40-28(30,31)39-21)23(37)14-36-27(38)26-25(32-15-33-26)24(34-36)17-8-10-19(20(29)12-17)16-6-4-3-5-7-16/h3-13,15H,2,14H2,1H3,(H,32,33). The Morgan fingerprint density at radius 2 is 1.80 bits per heavy atom. The highest BCUT2D eigenvalue weighted by molar-refractivity contribution is 5.94. The Morgan fingerprint density at radius 3 is 2.55 bits per heavy atom. The van der Waals surface area contributed by atoms with E-state index in [4.69, 9.17) is 0 Å². The minimum absolute atomic E-state index is 0.0960. The van der Waals surface area contributed by atoms with Gasteiger partial charge in [0.15, 0.2) is 11.5 Å². The van der Waals surface area contributed by atoms with E-state index in [0.717, 1.165) is 4.68 Å². The number of benzene rings is 3. The molecule has 2 aromatic heterocycles. The third-order valence-corrected chi connectivity index (χ3v) is 6.46. The number of aromatic amines is 1. The molecule has 0 unspecified atom stereocenters. The fourth-order valence-corrected chi connectivity index (χ4v) is 4.62. The third kappa shape index (κ3) is 4.42. The van der Waals surface area contributed by atoms with E-state index in [1.54, 1.807) is 31.2 Å². The van der Waals surface area contributed by atoms with Gasteiger partial charge in [-0.25, -0.2) is 14.1 Å². The lowest BCUT2D eigenvalue weighted by Gasteiger charge is -2.21. The minimum Gasteiger partial charge on any atom is -0.395 e. The van der Waals surface area contributed by atoms with Crippen LogP contribution in [0.2, 0.25) is 0 Å².